The number of Topliss-reactive ketones (excluding diaryl/α,β-unsaturated/α-hetero) is 1. The van der Waals surface area contributed by atoms with Crippen molar-refractivity contribution in [2.24, 2.45) is 5.41 Å². The summed E-state index contributed by atoms with van der Waals surface area (Å²) in [6.45, 7) is 9.61. The predicted molar refractivity (Wildman–Crippen MR) is 91.6 cm³/mol. The molecule has 0 saturated heterocycles. The first-order chi connectivity index (χ1) is 10.2. The molecule has 0 bridgehead atoms. The lowest BCUT2D eigenvalue weighted by Crippen LogP contribution is -2.26. The van der Waals surface area contributed by atoms with E-state index < -0.39 is 0 Å². The van der Waals surface area contributed by atoms with Crippen LogP contribution in [-0.2, 0) is 4.79 Å². The van der Waals surface area contributed by atoms with Crippen molar-refractivity contribution in [1.29, 1.82) is 0 Å². The minimum atomic E-state index is -0.382. The number of carbonyl (C=O) groups is 1. The summed E-state index contributed by atoms with van der Waals surface area (Å²) in [6.07, 6.45) is 0. The minimum absolute atomic E-state index is 0.00292. The third kappa shape index (κ3) is 3.40. The molecule has 1 heterocycles. The van der Waals surface area contributed by atoms with E-state index in [-0.39, 0.29) is 22.8 Å². The Morgan fingerprint density at radius 3 is 2.50 bits per heavy atom. The van der Waals surface area contributed by atoms with Crippen LogP contribution >= 0.6 is 11.8 Å². The quantitative estimate of drug-likeness (QED) is 0.637. The first kappa shape index (κ1) is 16.7. The number of hydrogen-bond acceptors (Lipinski definition) is 4. The molecule has 0 spiro atoms. The lowest BCUT2D eigenvalue weighted by Gasteiger charge is -2.18. The second-order valence-electron chi connectivity index (χ2n) is 6.64. The average molecular weight is 318 g/mol. The van der Waals surface area contributed by atoms with Crippen molar-refractivity contribution in [1.82, 2.24) is 9.55 Å². The molecular formula is C17H22N2O2S. The first-order valence-corrected chi connectivity index (χ1v) is 8.37. The predicted octanol–water partition coefficient (Wildman–Crippen LogP) is 3.68. The van der Waals surface area contributed by atoms with E-state index in [1.54, 1.807) is 10.6 Å². The summed E-state index contributed by atoms with van der Waals surface area (Å²) in [4.78, 5) is 29.4. The van der Waals surface area contributed by atoms with E-state index in [0.717, 1.165) is 0 Å². The lowest BCUT2D eigenvalue weighted by molar-refractivity contribution is -0.123. The summed E-state index contributed by atoms with van der Waals surface area (Å²) in [5.74, 6) is 0.469. The van der Waals surface area contributed by atoms with Gasteiger partial charge in [0.1, 0.15) is 5.78 Å². The highest BCUT2D eigenvalue weighted by atomic mass is 32.2. The van der Waals surface area contributed by atoms with E-state index in [1.165, 1.54) is 11.8 Å². The van der Waals surface area contributed by atoms with Crippen molar-refractivity contribution in [3.8, 4) is 0 Å². The van der Waals surface area contributed by atoms with Gasteiger partial charge in [0.15, 0.2) is 5.16 Å². The van der Waals surface area contributed by atoms with Gasteiger partial charge in [-0.15, -0.1) is 0 Å². The second kappa shape index (κ2) is 6.24. The van der Waals surface area contributed by atoms with Crippen LogP contribution in [0.1, 0.15) is 40.7 Å². The Morgan fingerprint density at radius 1 is 1.27 bits per heavy atom. The van der Waals surface area contributed by atoms with Crippen LogP contribution in [0.4, 0.5) is 0 Å². The summed E-state index contributed by atoms with van der Waals surface area (Å²) in [5.41, 5.74) is 0.244. The van der Waals surface area contributed by atoms with Crippen LogP contribution in [0.5, 0.6) is 0 Å². The fourth-order valence-corrected chi connectivity index (χ4v) is 3.32. The van der Waals surface area contributed by atoms with E-state index in [1.807, 2.05) is 52.8 Å². The molecule has 0 saturated carbocycles. The second-order valence-corrected chi connectivity index (χ2v) is 7.58. The zero-order valence-electron chi connectivity index (χ0n) is 13.7. The van der Waals surface area contributed by atoms with E-state index in [0.29, 0.717) is 21.8 Å². The van der Waals surface area contributed by atoms with Gasteiger partial charge in [0.25, 0.3) is 5.56 Å². The van der Waals surface area contributed by atoms with Crippen LogP contribution in [-0.4, -0.2) is 21.1 Å². The topological polar surface area (TPSA) is 52.0 Å². The van der Waals surface area contributed by atoms with Crippen molar-refractivity contribution in [2.75, 3.05) is 5.75 Å². The summed E-state index contributed by atoms with van der Waals surface area (Å²) in [5, 5.41) is 1.22. The number of benzene rings is 1. The van der Waals surface area contributed by atoms with Crippen LogP contribution < -0.4 is 5.56 Å². The Morgan fingerprint density at radius 2 is 1.91 bits per heavy atom. The molecule has 2 rings (SSSR count). The summed E-state index contributed by atoms with van der Waals surface area (Å²) in [6, 6.07) is 7.32. The van der Waals surface area contributed by atoms with Gasteiger partial charge in [-0.1, -0.05) is 44.7 Å². The molecule has 1 aromatic carbocycles. The highest BCUT2D eigenvalue weighted by molar-refractivity contribution is 7.99. The Balaban J connectivity index is 2.46. The first-order valence-electron chi connectivity index (χ1n) is 7.39. The smallest absolute Gasteiger partial charge is 0.262 e. The number of fused-ring (bicyclic) bond motifs is 1. The zero-order chi connectivity index (χ0) is 16.5. The fraction of sp³-hybridized carbons (Fsp3) is 0.471. The Bertz CT molecular complexity index is 757. The Kier molecular flexibility index (Phi) is 4.75. The number of carbonyl (C=O) groups excluding carboxylic acids is 1. The number of para-hydroxylation sites is 1. The molecule has 118 valence electrons. The van der Waals surface area contributed by atoms with Crippen LogP contribution in [0.3, 0.4) is 0 Å². The van der Waals surface area contributed by atoms with Gasteiger partial charge < -0.3 is 0 Å². The van der Waals surface area contributed by atoms with E-state index in [4.69, 9.17) is 0 Å². The SMILES string of the molecule is CC(C)n1c(SCC(=O)C(C)(C)C)nc2ccccc2c1=O. The normalized spacial score (nSPS) is 12.1. The van der Waals surface area contributed by atoms with Crippen molar-refractivity contribution < 1.29 is 4.79 Å². The van der Waals surface area contributed by atoms with Gasteiger partial charge in [-0.3, -0.25) is 14.2 Å². The average Bonchev–Trinajstić information content (AvgIpc) is 2.43. The van der Waals surface area contributed by atoms with Crippen LogP contribution in [0.15, 0.2) is 34.2 Å². The van der Waals surface area contributed by atoms with Gasteiger partial charge in [-0.2, -0.15) is 0 Å². The van der Waals surface area contributed by atoms with Crippen molar-refractivity contribution >= 4 is 28.4 Å². The molecule has 4 nitrogen and oxygen atoms in total. The molecule has 0 aliphatic rings. The monoisotopic (exact) mass is 318 g/mol. The molecule has 22 heavy (non-hydrogen) atoms. The summed E-state index contributed by atoms with van der Waals surface area (Å²) in [7, 11) is 0. The molecule has 0 atom stereocenters. The Labute approximate surface area is 134 Å². The standard InChI is InChI=1S/C17H22N2O2S/c1-11(2)19-15(21)12-8-6-7-9-13(12)18-16(19)22-10-14(20)17(3,4)5/h6-9,11H,10H2,1-5H3. The van der Waals surface area contributed by atoms with Crippen molar-refractivity contribution in [2.45, 2.75) is 45.8 Å². The molecule has 2 aromatic rings. The van der Waals surface area contributed by atoms with Gasteiger partial charge in [0.05, 0.1) is 16.7 Å². The highest BCUT2D eigenvalue weighted by Crippen LogP contribution is 2.24. The highest BCUT2D eigenvalue weighted by Gasteiger charge is 2.22. The van der Waals surface area contributed by atoms with Gasteiger partial charge in [0, 0.05) is 11.5 Å². The Hall–Kier alpha value is -1.62. The third-order valence-electron chi connectivity index (χ3n) is 3.46. The van der Waals surface area contributed by atoms with E-state index in [2.05, 4.69) is 4.98 Å². The fourth-order valence-electron chi connectivity index (χ4n) is 2.03. The zero-order valence-corrected chi connectivity index (χ0v) is 14.5. The molecular weight excluding hydrogens is 296 g/mol. The maximum absolute atomic E-state index is 12.7. The number of rotatable bonds is 4. The van der Waals surface area contributed by atoms with E-state index >= 15 is 0 Å². The lowest BCUT2D eigenvalue weighted by atomic mass is 9.92. The molecule has 0 radical (unpaired) electrons. The van der Waals surface area contributed by atoms with E-state index in [9.17, 15) is 9.59 Å². The van der Waals surface area contributed by atoms with Gasteiger partial charge in [-0.05, 0) is 26.0 Å². The van der Waals surface area contributed by atoms with Crippen LogP contribution in [0.25, 0.3) is 10.9 Å². The maximum Gasteiger partial charge on any atom is 0.262 e. The van der Waals surface area contributed by atoms with Crippen LogP contribution in [0, 0.1) is 5.41 Å². The number of thioether (sulfide) groups is 1. The molecule has 5 heteroatoms. The summed E-state index contributed by atoms with van der Waals surface area (Å²) < 4.78 is 1.67. The molecule has 0 aliphatic heterocycles. The number of aromatic nitrogens is 2. The minimum Gasteiger partial charge on any atom is -0.298 e. The van der Waals surface area contributed by atoms with Gasteiger partial charge in [-0.25, -0.2) is 4.98 Å². The van der Waals surface area contributed by atoms with Gasteiger partial charge in [0.2, 0.25) is 0 Å². The van der Waals surface area contributed by atoms with Gasteiger partial charge >= 0.3 is 0 Å². The maximum atomic E-state index is 12.7. The molecule has 0 amide bonds. The molecule has 0 fully saturated rings. The molecule has 1 aromatic heterocycles. The number of nitrogens with zero attached hydrogens (tertiary/aromatic N) is 2. The third-order valence-corrected chi connectivity index (χ3v) is 4.41. The van der Waals surface area contributed by atoms with Crippen molar-refractivity contribution in [3.63, 3.8) is 0 Å². The van der Waals surface area contributed by atoms with Crippen LogP contribution in [0.2, 0.25) is 0 Å². The molecule has 0 unspecified atom stereocenters. The number of ketones is 1. The summed E-state index contributed by atoms with van der Waals surface area (Å²) >= 11 is 1.34. The number of hydrogen-bond donors (Lipinski definition) is 0. The van der Waals surface area contributed by atoms with Crippen molar-refractivity contribution in [3.05, 3.63) is 34.6 Å². The largest absolute Gasteiger partial charge is 0.298 e. The molecule has 0 aliphatic carbocycles. The molecule has 0 N–H and O–H groups in total.